The van der Waals surface area contributed by atoms with Gasteiger partial charge < -0.3 is 0 Å². The van der Waals surface area contributed by atoms with Gasteiger partial charge in [-0.05, 0) is 37.0 Å². The number of hydrogen-bond acceptors (Lipinski definition) is 1. The Morgan fingerprint density at radius 2 is 2.55 bits per heavy atom. The summed E-state index contributed by atoms with van der Waals surface area (Å²) in [6.07, 6.45) is 10.6. The zero-order chi connectivity index (χ0) is 7.73. The Morgan fingerprint density at radius 1 is 1.64 bits per heavy atom. The standard InChI is InChI=1S/C10H13N/c11-7-1-4-10-5-2-9(8-10)3-6-10/h2,5,9H,1,3-4,6,8H2. The molecule has 0 radical (unpaired) electrons. The lowest BCUT2D eigenvalue weighted by Crippen LogP contribution is -2.10. The normalized spacial score (nSPS) is 39.4. The fourth-order valence-corrected chi connectivity index (χ4v) is 2.47. The van der Waals surface area contributed by atoms with Crippen LogP contribution in [0.4, 0.5) is 0 Å². The first-order valence-electron chi connectivity index (χ1n) is 4.41. The first-order chi connectivity index (χ1) is 5.35. The van der Waals surface area contributed by atoms with Crippen molar-refractivity contribution in [2.24, 2.45) is 11.3 Å². The van der Waals surface area contributed by atoms with E-state index in [1.165, 1.54) is 19.3 Å². The summed E-state index contributed by atoms with van der Waals surface area (Å²) in [5.41, 5.74) is 0.459. The summed E-state index contributed by atoms with van der Waals surface area (Å²) in [4.78, 5) is 0. The second kappa shape index (κ2) is 2.37. The van der Waals surface area contributed by atoms with E-state index in [-0.39, 0.29) is 0 Å². The van der Waals surface area contributed by atoms with E-state index < -0.39 is 0 Å². The summed E-state index contributed by atoms with van der Waals surface area (Å²) in [5.74, 6) is 0.855. The predicted molar refractivity (Wildman–Crippen MR) is 43.8 cm³/mol. The van der Waals surface area contributed by atoms with E-state index in [0.29, 0.717) is 5.41 Å². The number of rotatable bonds is 2. The molecule has 0 spiro atoms. The summed E-state index contributed by atoms with van der Waals surface area (Å²) in [6, 6.07) is 2.24. The second-order valence-corrected chi connectivity index (χ2v) is 3.88. The number of allylic oxidation sites excluding steroid dienone is 2. The number of nitriles is 1. The molecule has 2 aliphatic rings. The Morgan fingerprint density at radius 3 is 3.00 bits per heavy atom. The molecule has 11 heavy (non-hydrogen) atoms. The van der Waals surface area contributed by atoms with Crippen molar-refractivity contribution in [3.63, 3.8) is 0 Å². The molecule has 1 fully saturated rings. The SMILES string of the molecule is N#CCCC12C=CC(CC1)C2. The maximum Gasteiger partial charge on any atom is 0.0622 e. The molecule has 0 aromatic heterocycles. The minimum Gasteiger partial charge on any atom is -0.198 e. The quantitative estimate of drug-likeness (QED) is 0.551. The van der Waals surface area contributed by atoms with Crippen molar-refractivity contribution in [2.75, 3.05) is 0 Å². The van der Waals surface area contributed by atoms with Crippen LogP contribution in [-0.2, 0) is 0 Å². The van der Waals surface area contributed by atoms with Crippen LogP contribution in [0.2, 0.25) is 0 Å². The van der Waals surface area contributed by atoms with Crippen LogP contribution < -0.4 is 0 Å². The van der Waals surface area contributed by atoms with E-state index in [9.17, 15) is 0 Å². The molecule has 0 aromatic rings. The monoisotopic (exact) mass is 147 g/mol. The zero-order valence-electron chi connectivity index (χ0n) is 6.71. The molecule has 0 aromatic carbocycles. The van der Waals surface area contributed by atoms with Gasteiger partial charge in [0.25, 0.3) is 0 Å². The molecule has 0 amide bonds. The molecule has 2 bridgehead atoms. The molecule has 2 aliphatic carbocycles. The van der Waals surface area contributed by atoms with E-state index in [1.54, 1.807) is 0 Å². The average molecular weight is 147 g/mol. The minimum atomic E-state index is 0.459. The molecule has 2 atom stereocenters. The maximum atomic E-state index is 8.48. The molecule has 1 saturated carbocycles. The zero-order valence-corrected chi connectivity index (χ0v) is 6.71. The third kappa shape index (κ3) is 1.07. The van der Waals surface area contributed by atoms with Crippen LogP contribution in [0.1, 0.15) is 32.1 Å². The Bertz CT molecular complexity index is 224. The van der Waals surface area contributed by atoms with Crippen molar-refractivity contribution in [1.29, 1.82) is 5.26 Å². The Hall–Kier alpha value is -0.770. The van der Waals surface area contributed by atoms with Gasteiger partial charge in [0.15, 0.2) is 0 Å². The van der Waals surface area contributed by atoms with Gasteiger partial charge in [-0.3, -0.25) is 0 Å². The first kappa shape index (κ1) is 6.91. The largest absolute Gasteiger partial charge is 0.198 e. The minimum absolute atomic E-state index is 0.459. The summed E-state index contributed by atoms with van der Waals surface area (Å²) in [5, 5.41) is 8.48. The molecule has 58 valence electrons. The van der Waals surface area contributed by atoms with E-state index in [4.69, 9.17) is 5.26 Å². The van der Waals surface area contributed by atoms with Crippen LogP contribution in [0.5, 0.6) is 0 Å². The van der Waals surface area contributed by atoms with Crippen LogP contribution >= 0.6 is 0 Å². The van der Waals surface area contributed by atoms with Gasteiger partial charge in [-0.25, -0.2) is 0 Å². The van der Waals surface area contributed by atoms with Crippen molar-refractivity contribution < 1.29 is 0 Å². The van der Waals surface area contributed by atoms with Crippen molar-refractivity contribution in [2.45, 2.75) is 32.1 Å². The first-order valence-corrected chi connectivity index (χ1v) is 4.41. The topological polar surface area (TPSA) is 23.8 Å². The summed E-state index contributed by atoms with van der Waals surface area (Å²) in [7, 11) is 0. The van der Waals surface area contributed by atoms with Crippen LogP contribution in [0.15, 0.2) is 12.2 Å². The highest BCUT2D eigenvalue weighted by Crippen LogP contribution is 2.51. The van der Waals surface area contributed by atoms with E-state index in [0.717, 1.165) is 18.8 Å². The third-order valence-electron chi connectivity index (χ3n) is 3.14. The van der Waals surface area contributed by atoms with Crippen LogP contribution in [0, 0.1) is 22.7 Å². The molecule has 1 heteroatoms. The third-order valence-corrected chi connectivity index (χ3v) is 3.14. The van der Waals surface area contributed by atoms with Gasteiger partial charge in [0.2, 0.25) is 0 Å². The maximum absolute atomic E-state index is 8.48. The molecule has 2 unspecified atom stereocenters. The van der Waals surface area contributed by atoms with Gasteiger partial charge in [0, 0.05) is 6.42 Å². The molecule has 0 saturated heterocycles. The Kier molecular flexibility index (Phi) is 1.49. The van der Waals surface area contributed by atoms with E-state index in [1.807, 2.05) is 0 Å². The van der Waals surface area contributed by atoms with Crippen molar-refractivity contribution in [1.82, 2.24) is 0 Å². The summed E-state index contributed by atoms with van der Waals surface area (Å²) >= 11 is 0. The van der Waals surface area contributed by atoms with Gasteiger partial charge in [-0.2, -0.15) is 5.26 Å². The molecule has 0 heterocycles. The lowest BCUT2D eigenvalue weighted by Gasteiger charge is -2.21. The molecule has 0 N–H and O–H groups in total. The van der Waals surface area contributed by atoms with Gasteiger partial charge in [0.05, 0.1) is 6.07 Å². The smallest absolute Gasteiger partial charge is 0.0622 e. The fourth-order valence-electron chi connectivity index (χ4n) is 2.47. The van der Waals surface area contributed by atoms with Crippen LogP contribution in [-0.4, -0.2) is 0 Å². The average Bonchev–Trinajstić information content (AvgIpc) is 2.60. The Labute approximate surface area is 67.7 Å². The van der Waals surface area contributed by atoms with Gasteiger partial charge >= 0.3 is 0 Å². The van der Waals surface area contributed by atoms with E-state index >= 15 is 0 Å². The highest BCUT2D eigenvalue weighted by molar-refractivity contribution is 5.15. The van der Waals surface area contributed by atoms with E-state index in [2.05, 4.69) is 18.2 Å². The van der Waals surface area contributed by atoms with Crippen molar-refractivity contribution in [3.8, 4) is 6.07 Å². The highest BCUT2D eigenvalue weighted by Gasteiger charge is 2.39. The van der Waals surface area contributed by atoms with Gasteiger partial charge in [0.1, 0.15) is 0 Å². The molecule has 0 aliphatic heterocycles. The van der Waals surface area contributed by atoms with Crippen LogP contribution in [0.3, 0.4) is 0 Å². The second-order valence-electron chi connectivity index (χ2n) is 3.88. The fraction of sp³-hybridized carbons (Fsp3) is 0.700. The van der Waals surface area contributed by atoms with Crippen LogP contribution in [0.25, 0.3) is 0 Å². The lowest BCUT2D eigenvalue weighted by atomic mass is 9.83. The van der Waals surface area contributed by atoms with Gasteiger partial charge in [-0.15, -0.1) is 0 Å². The van der Waals surface area contributed by atoms with Crippen molar-refractivity contribution in [3.05, 3.63) is 12.2 Å². The summed E-state index contributed by atoms with van der Waals surface area (Å²) < 4.78 is 0. The molecular weight excluding hydrogens is 134 g/mol. The number of hydrogen-bond donors (Lipinski definition) is 0. The summed E-state index contributed by atoms with van der Waals surface area (Å²) in [6.45, 7) is 0. The highest BCUT2D eigenvalue weighted by atomic mass is 14.4. The number of nitrogens with zero attached hydrogens (tertiary/aromatic N) is 1. The Balaban J connectivity index is 2.02. The van der Waals surface area contributed by atoms with Crippen molar-refractivity contribution >= 4 is 0 Å². The predicted octanol–water partition coefficient (Wildman–Crippen LogP) is 2.65. The molecular formula is C10H13N. The number of fused-ring (bicyclic) bond motifs is 2. The molecule has 1 nitrogen and oxygen atoms in total. The van der Waals surface area contributed by atoms with Gasteiger partial charge in [-0.1, -0.05) is 12.2 Å². The molecule has 2 rings (SSSR count). The lowest BCUT2D eigenvalue weighted by molar-refractivity contribution is 0.375.